The van der Waals surface area contributed by atoms with E-state index in [1.54, 1.807) is 36.4 Å². The molecular weight excluding hydrogens is 321 g/mol. The molecule has 25 heavy (non-hydrogen) atoms. The Balaban J connectivity index is 1.64. The lowest BCUT2D eigenvalue weighted by Gasteiger charge is -1.99. The van der Waals surface area contributed by atoms with Gasteiger partial charge in [0.1, 0.15) is 17.3 Å². The topological polar surface area (TPSA) is 78.4 Å². The molecule has 2 aromatic carbocycles. The van der Waals surface area contributed by atoms with Crippen molar-refractivity contribution in [1.82, 2.24) is 5.43 Å². The number of furan rings is 1. The molecule has 0 radical (unpaired) electrons. The highest BCUT2D eigenvalue weighted by Crippen LogP contribution is 2.21. The van der Waals surface area contributed by atoms with E-state index in [9.17, 15) is 9.18 Å². The van der Waals surface area contributed by atoms with Crippen LogP contribution in [0.4, 0.5) is 4.39 Å². The first-order chi connectivity index (χ1) is 12.2. The maximum atomic E-state index is 12.8. The maximum Gasteiger partial charge on any atom is 0.271 e. The second kappa shape index (κ2) is 7.23. The van der Waals surface area contributed by atoms with Gasteiger partial charge in [-0.25, -0.2) is 9.82 Å². The van der Waals surface area contributed by atoms with Gasteiger partial charge in [0.25, 0.3) is 5.91 Å². The van der Waals surface area contributed by atoms with Crippen LogP contribution in [0.25, 0.3) is 11.3 Å². The average Bonchev–Trinajstić information content (AvgIpc) is 3.11. The molecule has 1 amide bonds. The molecule has 0 aliphatic heterocycles. The van der Waals surface area contributed by atoms with Gasteiger partial charge in [0, 0.05) is 11.1 Å². The Morgan fingerprint density at radius 1 is 1.08 bits per heavy atom. The molecule has 122 valence electrons. The lowest BCUT2D eigenvalue weighted by Crippen LogP contribution is -2.17. The number of hydrogen-bond donors (Lipinski definition) is 1. The summed E-state index contributed by atoms with van der Waals surface area (Å²) >= 11 is 0. The number of carbonyl (C=O) groups excluding carboxylic acids is 1. The summed E-state index contributed by atoms with van der Waals surface area (Å²) < 4.78 is 18.4. The van der Waals surface area contributed by atoms with Crippen molar-refractivity contribution in [3.05, 3.63) is 83.4 Å². The molecule has 1 N–H and O–H groups in total. The Bertz CT molecular complexity index is 952. The zero-order chi connectivity index (χ0) is 17.6. The number of amides is 1. The first-order valence-electron chi connectivity index (χ1n) is 7.35. The molecule has 0 atom stereocenters. The minimum Gasteiger partial charge on any atom is -0.455 e. The fourth-order valence-corrected chi connectivity index (χ4v) is 2.11. The molecule has 3 rings (SSSR count). The molecule has 0 bridgehead atoms. The van der Waals surface area contributed by atoms with Crippen LogP contribution in [0.1, 0.15) is 21.7 Å². The Kier molecular flexibility index (Phi) is 4.67. The molecule has 0 unspecified atom stereocenters. The first-order valence-corrected chi connectivity index (χ1v) is 7.35. The molecule has 0 fully saturated rings. The Morgan fingerprint density at radius 3 is 2.48 bits per heavy atom. The minimum atomic E-state index is -0.449. The van der Waals surface area contributed by atoms with Gasteiger partial charge in [-0.1, -0.05) is 0 Å². The van der Waals surface area contributed by atoms with Crippen LogP contribution in [0, 0.1) is 17.1 Å². The van der Waals surface area contributed by atoms with E-state index in [-0.39, 0.29) is 0 Å². The van der Waals surface area contributed by atoms with Crippen molar-refractivity contribution in [2.45, 2.75) is 0 Å². The number of carbonyl (C=O) groups is 1. The zero-order valence-corrected chi connectivity index (χ0v) is 12.9. The molecule has 1 aromatic heterocycles. The lowest BCUT2D eigenvalue weighted by molar-refractivity contribution is 0.0955. The van der Waals surface area contributed by atoms with E-state index >= 15 is 0 Å². The van der Waals surface area contributed by atoms with Crippen molar-refractivity contribution >= 4 is 12.1 Å². The van der Waals surface area contributed by atoms with Crippen molar-refractivity contribution in [2.24, 2.45) is 5.10 Å². The van der Waals surface area contributed by atoms with Crippen molar-refractivity contribution in [3.8, 4) is 17.4 Å². The predicted octanol–water partition coefficient (Wildman–Crippen LogP) is 3.72. The second-order valence-electron chi connectivity index (χ2n) is 5.10. The van der Waals surface area contributed by atoms with Gasteiger partial charge in [0.2, 0.25) is 0 Å². The van der Waals surface area contributed by atoms with Crippen molar-refractivity contribution < 1.29 is 13.6 Å². The monoisotopic (exact) mass is 333 g/mol. The van der Waals surface area contributed by atoms with E-state index in [1.807, 2.05) is 0 Å². The smallest absolute Gasteiger partial charge is 0.271 e. The number of rotatable bonds is 4. The number of benzene rings is 2. The minimum absolute atomic E-state index is 0.302. The Labute approximate surface area is 143 Å². The summed E-state index contributed by atoms with van der Waals surface area (Å²) in [5.41, 5.74) is 4.04. The van der Waals surface area contributed by atoms with Gasteiger partial charge in [0.15, 0.2) is 0 Å². The van der Waals surface area contributed by atoms with Gasteiger partial charge >= 0.3 is 0 Å². The highest BCUT2D eigenvalue weighted by atomic mass is 19.1. The largest absolute Gasteiger partial charge is 0.455 e. The second-order valence-corrected chi connectivity index (χ2v) is 5.10. The van der Waals surface area contributed by atoms with Crippen LogP contribution in [-0.4, -0.2) is 12.1 Å². The van der Waals surface area contributed by atoms with Gasteiger partial charge in [0.05, 0.1) is 17.8 Å². The summed E-state index contributed by atoms with van der Waals surface area (Å²) in [5.74, 6) is 0.218. The van der Waals surface area contributed by atoms with E-state index in [0.29, 0.717) is 22.6 Å². The number of hydrogen-bond acceptors (Lipinski definition) is 4. The Hall–Kier alpha value is -3.72. The third kappa shape index (κ3) is 3.98. The average molecular weight is 333 g/mol. The fraction of sp³-hybridized carbons (Fsp3) is 0. The van der Waals surface area contributed by atoms with Gasteiger partial charge < -0.3 is 4.42 Å². The molecule has 1 heterocycles. The SMILES string of the molecule is N#Cc1ccc(-c2ccc(C=NNC(=O)c3ccc(F)cc3)o2)cc1. The highest BCUT2D eigenvalue weighted by Gasteiger charge is 2.05. The summed E-state index contributed by atoms with van der Waals surface area (Å²) in [4.78, 5) is 11.8. The highest BCUT2D eigenvalue weighted by molar-refractivity contribution is 5.94. The first kappa shape index (κ1) is 16.1. The number of hydrazone groups is 1. The van der Waals surface area contributed by atoms with Crippen molar-refractivity contribution in [1.29, 1.82) is 5.26 Å². The van der Waals surface area contributed by atoms with E-state index in [0.717, 1.165) is 5.56 Å². The zero-order valence-electron chi connectivity index (χ0n) is 12.9. The molecule has 0 aliphatic rings. The van der Waals surface area contributed by atoms with Crippen LogP contribution >= 0.6 is 0 Å². The van der Waals surface area contributed by atoms with Gasteiger partial charge in [-0.15, -0.1) is 0 Å². The molecular formula is C19H12FN3O2. The van der Waals surface area contributed by atoms with Crippen LogP contribution in [0.2, 0.25) is 0 Å². The van der Waals surface area contributed by atoms with Crippen LogP contribution < -0.4 is 5.43 Å². The number of nitrogens with zero attached hydrogens (tertiary/aromatic N) is 2. The van der Waals surface area contributed by atoms with Gasteiger partial charge in [-0.05, 0) is 60.7 Å². The molecule has 0 saturated carbocycles. The third-order valence-corrected chi connectivity index (χ3v) is 3.39. The summed E-state index contributed by atoms with van der Waals surface area (Å²) in [6, 6.07) is 17.7. The van der Waals surface area contributed by atoms with Crippen LogP contribution in [0.3, 0.4) is 0 Å². The number of nitrogens with one attached hydrogen (secondary N) is 1. The predicted molar refractivity (Wildman–Crippen MR) is 90.3 cm³/mol. The van der Waals surface area contributed by atoms with Gasteiger partial charge in [-0.3, -0.25) is 4.79 Å². The van der Waals surface area contributed by atoms with Crippen LogP contribution in [0.15, 0.2) is 70.2 Å². The standard InChI is InChI=1S/C19H12FN3O2/c20-16-7-5-15(6-8-16)19(24)23-22-12-17-9-10-18(25-17)14-3-1-13(11-21)2-4-14/h1-10,12H,(H,23,24). The van der Waals surface area contributed by atoms with Gasteiger partial charge in [-0.2, -0.15) is 10.4 Å². The van der Waals surface area contributed by atoms with E-state index in [4.69, 9.17) is 9.68 Å². The summed E-state index contributed by atoms with van der Waals surface area (Å²) in [5, 5.41) is 12.6. The van der Waals surface area contributed by atoms with E-state index in [1.165, 1.54) is 30.5 Å². The lowest BCUT2D eigenvalue weighted by atomic mass is 10.1. The number of nitriles is 1. The summed E-state index contributed by atoms with van der Waals surface area (Å²) in [7, 11) is 0. The number of halogens is 1. The van der Waals surface area contributed by atoms with E-state index in [2.05, 4.69) is 16.6 Å². The molecule has 3 aromatic rings. The quantitative estimate of drug-likeness (QED) is 0.584. The normalized spacial score (nSPS) is 10.6. The van der Waals surface area contributed by atoms with E-state index < -0.39 is 11.7 Å². The van der Waals surface area contributed by atoms with Crippen LogP contribution in [-0.2, 0) is 0 Å². The van der Waals surface area contributed by atoms with Crippen LogP contribution in [0.5, 0.6) is 0 Å². The molecule has 0 saturated heterocycles. The summed E-state index contributed by atoms with van der Waals surface area (Å²) in [6.45, 7) is 0. The summed E-state index contributed by atoms with van der Waals surface area (Å²) in [6.07, 6.45) is 1.37. The molecule has 0 spiro atoms. The molecule has 0 aliphatic carbocycles. The fourth-order valence-electron chi connectivity index (χ4n) is 2.11. The third-order valence-electron chi connectivity index (χ3n) is 3.39. The Morgan fingerprint density at radius 2 is 1.80 bits per heavy atom. The van der Waals surface area contributed by atoms with Crippen molar-refractivity contribution in [2.75, 3.05) is 0 Å². The molecule has 5 nitrogen and oxygen atoms in total. The maximum absolute atomic E-state index is 12.8. The molecule has 6 heteroatoms. The van der Waals surface area contributed by atoms with Crippen molar-refractivity contribution in [3.63, 3.8) is 0 Å².